The molecule has 0 radical (unpaired) electrons. The van der Waals surface area contributed by atoms with Crippen molar-refractivity contribution in [1.82, 2.24) is 14.3 Å². The van der Waals surface area contributed by atoms with Gasteiger partial charge in [0.1, 0.15) is 0 Å². The molecule has 0 spiro atoms. The lowest BCUT2D eigenvalue weighted by molar-refractivity contribution is 0.279. The van der Waals surface area contributed by atoms with Crippen LogP contribution in [0, 0.1) is 6.92 Å². The van der Waals surface area contributed by atoms with Gasteiger partial charge in [-0.05, 0) is 51.6 Å². The molecule has 0 atom stereocenters. The Morgan fingerprint density at radius 1 is 1.12 bits per heavy atom. The Bertz CT molecular complexity index is 879. The van der Waals surface area contributed by atoms with Crippen molar-refractivity contribution >= 4 is 5.65 Å². The number of pyridine rings is 1. The zero-order chi connectivity index (χ0) is 17.4. The number of aryl methyl sites for hydroxylation is 1. The van der Waals surface area contributed by atoms with Crippen LogP contribution in [-0.2, 0) is 12.0 Å². The number of rotatable bonds is 6. The minimum Gasteiger partial charge on any atom is -0.489 e. The van der Waals surface area contributed by atoms with Crippen LogP contribution in [0.5, 0.6) is 5.75 Å². The second-order valence-corrected chi connectivity index (χ2v) is 7.38. The molecule has 0 aliphatic heterocycles. The van der Waals surface area contributed by atoms with Gasteiger partial charge in [-0.25, -0.2) is 4.98 Å². The van der Waals surface area contributed by atoms with Crippen molar-refractivity contribution in [3.05, 3.63) is 65.6 Å². The van der Waals surface area contributed by atoms with Crippen LogP contribution in [0.25, 0.3) is 5.65 Å². The number of hydrogen-bond acceptors (Lipinski definition) is 3. The Kier molecular flexibility index (Phi) is 4.00. The monoisotopic (exact) mass is 335 g/mol. The molecule has 0 bridgehead atoms. The minimum absolute atomic E-state index is 0.183. The van der Waals surface area contributed by atoms with Crippen LogP contribution in [-0.4, -0.2) is 35.0 Å². The Hall–Kier alpha value is -2.33. The lowest BCUT2D eigenvalue weighted by Gasteiger charge is -2.17. The van der Waals surface area contributed by atoms with Crippen LogP contribution in [0.4, 0.5) is 0 Å². The summed E-state index contributed by atoms with van der Waals surface area (Å²) in [5.41, 5.74) is 4.77. The summed E-state index contributed by atoms with van der Waals surface area (Å²) in [6, 6.07) is 14.8. The van der Waals surface area contributed by atoms with Crippen LogP contribution in [0.1, 0.15) is 29.8 Å². The first-order valence-corrected chi connectivity index (χ1v) is 8.89. The number of aromatic nitrogens is 2. The van der Waals surface area contributed by atoms with Crippen LogP contribution in [0.15, 0.2) is 48.7 Å². The highest BCUT2D eigenvalue weighted by atomic mass is 16.5. The van der Waals surface area contributed by atoms with Gasteiger partial charge in [0.25, 0.3) is 0 Å². The fraction of sp³-hybridized carbons (Fsp3) is 0.381. The molecule has 0 saturated heterocycles. The molecule has 3 aromatic rings. The van der Waals surface area contributed by atoms with Gasteiger partial charge in [0.05, 0.1) is 18.0 Å². The number of fused-ring (bicyclic) bond motifs is 1. The fourth-order valence-electron chi connectivity index (χ4n) is 3.48. The lowest BCUT2D eigenvalue weighted by atomic mass is 9.97. The van der Waals surface area contributed by atoms with Crippen molar-refractivity contribution in [2.24, 2.45) is 0 Å². The van der Waals surface area contributed by atoms with Crippen molar-refractivity contribution in [1.29, 1.82) is 0 Å². The summed E-state index contributed by atoms with van der Waals surface area (Å²) >= 11 is 0. The molecule has 2 heterocycles. The Balaban J connectivity index is 1.60. The molecule has 1 aliphatic rings. The van der Waals surface area contributed by atoms with Crippen LogP contribution in [0.3, 0.4) is 0 Å². The topological polar surface area (TPSA) is 29.8 Å². The van der Waals surface area contributed by atoms with Crippen molar-refractivity contribution in [3.8, 4) is 5.75 Å². The normalized spacial score (nSPS) is 15.7. The van der Waals surface area contributed by atoms with Gasteiger partial charge in [0, 0.05) is 18.2 Å². The molecule has 1 aromatic carbocycles. The van der Waals surface area contributed by atoms with E-state index < -0.39 is 0 Å². The van der Waals surface area contributed by atoms with E-state index in [9.17, 15) is 0 Å². The smallest absolute Gasteiger partial charge is 0.180 e. The van der Waals surface area contributed by atoms with E-state index in [0.717, 1.165) is 23.6 Å². The number of nitrogens with zero attached hydrogens (tertiary/aromatic N) is 3. The Labute approximate surface area is 149 Å². The van der Waals surface area contributed by atoms with Gasteiger partial charge in [0.15, 0.2) is 11.4 Å². The largest absolute Gasteiger partial charge is 0.489 e. The first-order chi connectivity index (χ1) is 12.1. The molecule has 130 valence electrons. The first-order valence-electron chi connectivity index (χ1n) is 8.89. The van der Waals surface area contributed by atoms with Gasteiger partial charge < -0.3 is 9.64 Å². The summed E-state index contributed by atoms with van der Waals surface area (Å²) in [4.78, 5) is 6.94. The molecule has 1 aliphatic carbocycles. The number of ether oxygens (including phenoxy) is 1. The van der Waals surface area contributed by atoms with Crippen molar-refractivity contribution in [3.63, 3.8) is 0 Å². The quantitative estimate of drug-likeness (QED) is 0.686. The van der Waals surface area contributed by atoms with E-state index in [0.29, 0.717) is 6.61 Å². The lowest BCUT2D eigenvalue weighted by Crippen LogP contribution is -2.18. The van der Waals surface area contributed by atoms with Crippen molar-refractivity contribution < 1.29 is 4.74 Å². The summed E-state index contributed by atoms with van der Waals surface area (Å²) in [5, 5.41) is 0. The van der Waals surface area contributed by atoms with Crippen LogP contribution < -0.4 is 4.74 Å². The summed E-state index contributed by atoms with van der Waals surface area (Å²) in [7, 11) is 4.16. The zero-order valence-electron chi connectivity index (χ0n) is 15.2. The molecular formula is C21H25N3O. The third kappa shape index (κ3) is 3.02. The first kappa shape index (κ1) is 16.2. The van der Waals surface area contributed by atoms with Gasteiger partial charge in [-0.3, -0.25) is 4.40 Å². The van der Waals surface area contributed by atoms with Crippen molar-refractivity contribution in [2.45, 2.75) is 31.7 Å². The number of imidazole rings is 1. The fourth-order valence-corrected chi connectivity index (χ4v) is 3.48. The molecule has 0 N–H and O–H groups in total. The highest BCUT2D eigenvalue weighted by Crippen LogP contribution is 2.48. The predicted octanol–water partition coefficient (Wildman–Crippen LogP) is 3.81. The van der Waals surface area contributed by atoms with E-state index in [-0.39, 0.29) is 5.41 Å². The van der Waals surface area contributed by atoms with E-state index in [1.165, 1.54) is 24.1 Å². The molecule has 1 fully saturated rings. The maximum atomic E-state index is 6.28. The third-order valence-electron chi connectivity index (χ3n) is 5.12. The van der Waals surface area contributed by atoms with Gasteiger partial charge >= 0.3 is 0 Å². The van der Waals surface area contributed by atoms with E-state index in [4.69, 9.17) is 9.72 Å². The standard InChI is InChI=1S/C21H25N3O/c1-16-18(14-23(2)3)24-13-7-10-19(20(24)22-16)25-15-21(11-12-21)17-8-5-4-6-9-17/h4-10,13H,11-12,14-15H2,1-3H3. The predicted molar refractivity (Wildman–Crippen MR) is 100 cm³/mol. The molecule has 4 nitrogen and oxygen atoms in total. The molecule has 0 amide bonds. The van der Waals surface area contributed by atoms with Gasteiger partial charge in [-0.15, -0.1) is 0 Å². The van der Waals surface area contributed by atoms with Gasteiger partial charge in [0.2, 0.25) is 0 Å². The average Bonchev–Trinajstić information content (AvgIpc) is 3.34. The van der Waals surface area contributed by atoms with E-state index in [1.54, 1.807) is 0 Å². The number of hydrogen-bond donors (Lipinski definition) is 0. The van der Waals surface area contributed by atoms with Crippen LogP contribution >= 0.6 is 0 Å². The maximum Gasteiger partial charge on any atom is 0.180 e. The average molecular weight is 335 g/mol. The minimum atomic E-state index is 0.183. The van der Waals surface area contributed by atoms with Gasteiger partial charge in [-0.2, -0.15) is 0 Å². The second kappa shape index (κ2) is 6.19. The Morgan fingerprint density at radius 3 is 2.56 bits per heavy atom. The zero-order valence-corrected chi connectivity index (χ0v) is 15.2. The van der Waals surface area contributed by atoms with Crippen molar-refractivity contribution in [2.75, 3.05) is 20.7 Å². The summed E-state index contributed by atoms with van der Waals surface area (Å²) in [6.45, 7) is 3.65. The van der Waals surface area contributed by atoms with Gasteiger partial charge in [-0.1, -0.05) is 30.3 Å². The molecule has 4 rings (SSSR count). The Morgan fingerprint density at radius 2 is 1.88 bits per heavy atom. The highest BCUT2D eigenvalue weighted by molar-refractivity contribution is 5.56. The number of benzene rings is 1. The molecular weight excluding hydrogens is 310 g/mol. The third-order valence-corrected chi connectivity index (χ3v) is 5.12. The molecule has 2 aromatic heterocycles. The summed E-state index contributed by atoms with van der Waals surface area (Å²) < 4.78 is 8.44. The van der Waals surface area contributed by atoms with E-state index in [1.807, 2.05) is 12.1 Å². The SMILES string of the molecule is Cc1nc2c(OCC3(c4ccccc4)CC3)cccn2c1CN(C)C. The van der Waals surface area contributed by atoms with E-state index in [2.05, 4.69) is 66.8 Å². The summed E-state index contributed by atoms with van der Waals surface area (Å²) in [5.74, 6) is 0.873. The van der Waals surface area contributed by atoms with Crippen LogP contribution in [0.2, 0.25) is 0 Å². The maximum absolute atomic E-state index is 6.28. The summed E-state index contributed by atoms with van der Waals surface area (Å²) in [6.07, 6.45) is 4.46. The molecule has 4 heteroatoms. The molecule has 25 heavy (non-hydrogen) atoms. The molecule has 1 saturated carbocycles. The molecule has 0 unspecified atom stereocenters. The highest BCUT2D eigenvalue weighted by Gasteiger charge is 2.45. The second-order valence-electron chi connectivity index (χ2n) is 7.38. The van der Waals surface area contributed by atoms with E-state index >= 15 is 0 Å².